The average Bonchev–Trinajstić information content (AvgIpc) is 2.39. The van der Waals surface area contributed by atoms with Crippen molar-refractivity contribution >= 4 is 21.8 Å². The Bertz CT molecular complexity index is 420. The highest BCUT2D eigenvalue weighted by Crippen LogP contribution is 2.23. The van der Waals surface area contributed by atoms with E-state index in [1.54, 1.807) is 4.90 Å². The molecule has 1 aromatic rings. The Labute approximate surface area is 123 Å². The number of amides is 1. The molecule has 0 radical (unpaired) electrons. The number of ether oxygens (including phenoxy) is 1. The van der Waals surface area contributed by atoms with Crippen LogP contribution in [0.2, 0.25) is 0 Å². The van der Waals surface area contributed by atoms with Gasteiger partial charge in [0.05, 0.1) is 0 Å². The number of halogens is 1. The molecule has 1 rings (SSSR count). The predicted molar refractivity (Wildman–Crippen MR) is 80.3 cm³/mol. The van der Waals surface area contributed by atoms with Gasteiger partial charge in [-0.3, -0.25) is 4.79 Å². The summed E-state index contributed by atoms with van der Waals surface area (Å²) in [6, 6.07) is 5.74. The highest BCUT2D eigenvalue weighted by Gasteiger charge is 2.11. The molecule has 0 spiro atoms. The van der Waals surface area contributed by atoms with E-state index in [1.165, 1.54) is 0 Å². The van der Waals surface area contributed by atoms with E-state index in [9.17, 15) is 4.79 Å². The van der Waals surface area contributed by atoms with Gasteiger partial charge in [0.2, 0.25) is 0 Å². The molecule has 0 aromatic heterocycles. The Morgan fingerprint density at radius 3 is 2.63 bits per heavy atom. The van der Waals surface area contributed by atoms with Crippen LogP contribution in [-0.4, -0.2) is 37.0 Å². The highest BCUT2D eigenvalue weighted by atomic mass is 79.9. The molecule has 106 valence electrons. The van der Waals surface area contributed by atoms with E-state index in [1.807, 2.05) is 32.0 Å². The Balaban J connectivity index is 2.69. The van der Waals surface area contributed by atoms with Crippen molar-refractivity contribution in [1.29, 1.82) is 0 Å². The molecule has 0 bridgehead atoms. The van der Waals surface area contributed by atoms with E-state index in [0.717, 1.165) is 22.2 Å². The van der Waals surface area contributed by atoms with Gasteiger partial charge in [-0.1, -0.05) is 15.9 Å². The maximum Gasteiger partial charge on any atom is 0.260 e. The van der Waals surface area contributed by atoms with Crippen LogP contribution in [0.1, 0.15) is 19.4 Å². The molecular weight excluding hydrogens is 308 g/mol. The van der Waals surface area contributed by atoms with Gasteiger partial charge in [-0.25, -0.2) is 0 Å². The fourth-order valence-corrected chi connectivity index (χ4v) is 2.26. The molecule has 0 unspecified atom stereocenters. The van der Waals surface area contributed by atoms with Crippen LogP contribution in [0.25, 0.3) is 0 Å². The van der Waals surface area contributed by atoms with Gasteiger partial charge in [-0.15, -0.1) is 0 Å². The van der Waals surface area contributed by atoms with Gasteiger partial charge in [-0.05, 0) is 50.6 Å². The maximum atomic E-state index is 11.9. The third-order valence-corrected chi connectivity index (χ3v) is 3.40. The minimum Gasteiger partial charge on any atom is -0.483 e. The van der Waals surface area contributed by atoms with Crippen molar-refractivity contribution in [3.63, 3.8) is 0 Å². The quantitative estimate of drug-likeness (QED) is 0.834. The lowest BCUT2D eigenvalue weighted by atomic mass is 10.1. The summed E-state index contributed by atoms with van der Waals surface area (Å²) >= 11 is 3.42. The Morgan fingerprint density at radius 1 is 1.37 bits per heavy atom. The van der Waals surface area contributed by atoms with Gasteiger partial charge in [-0.2, -0.15) is 0 Å². The number of likely N-dealkylation sites (N-methyl/N-ethyl adjacent to an activating group) is 1. The molecule has 1 amide bonds. The molecule has 0 atom stereocenters. The first-order chi connectivity index (χ1) is 9.12. The smallest absolute Gasteiger partial charge is 0.260 e. The zero-order valence-corrected chi connectivity index (χ0v) is 13.1. The van der Waals surface area contributed by atoms with Gasteiger partial charge in [0.1, 0.15) is 5.75 Å². The normalized spacial score (nSPS) is 10.3. The van der Waals surface area contributed by atoms with Crippen LogP contribution in [0.15, 0.2) is 22.7 Å². The first-order valence-electron chi connectivity index (χ1n) is 6.51. The molecule has 5 heteroatoms. The third-order valence-electron chi connectivity index (χ3n) is 2.90. The second-order valence-corrected chi connectivity index (χ2v) is 5.06. The first-order valence-corrected chi connectivity index (χ1v) is 7.30. The van der Waals surface area contributed by atoms with Crippen molar-refractivity contribution in [2.24, 2.45) is 5.73 Å². The maximum absolute atomic E-state index is 11.9. The molecule has 0 aliphatic carbocycles. The summed E-state index contributed by atoms with van der Waals surface area (Å²) in [6.45, 7) is 5.95. The molecule has 0 heterocycles. The lowest BCUT2D eigenvalue weighted by Gasteiger charge is -2.19. The van der Waals surface area contributed by atoms with E-state index in [-0.39, 0.29) is 12.5 Å². The summed E-state index contributed by atoms with van der Waals surface area (Å²) in [4.78, 5) is 13.6. The van der Waals surface area contributed by atoms with E-state index in [0.29, 0.717) is 19.6 Å². The minimum absolute atomic E-state index is 0.00613. The highest BCUT2D eigenvalue weighted by molar-refractivity contribution is 9.10. The van der Waals surface area contributed by atoms with Crippen LogP contribution in [0.3, 0.4) is 0 Å². The summed E-state index contributed by atoms with van der Waals surface area (Å²) in [5.41, 5.74) is 6.60. The fourth-order valence-electron chi connectivity index (χ4n) is 1.85. The zero-order valence-electron chi connectivity index (χ0n) is 11.5. The van der Waals surface area contributed by atoms with E-state index >= 15 is 0 Å². The second-order valence-electron chi connectivity index (χ2n) is 4.15. The zero-order chi connectivity index (χ0) is 14.3. The molecule has 0 saturated heterocycles. The Hall–Kier alpha value is -1.07. The number of rotatable bonds is 7. The topological polar surface area (TPSA) is 55.6 Å². The molecule has 2 N–H and O–H groups in total. The van der Waals surface area contributed by atoms with Crippen molar-refractivity contribution in [2.75, 3.05) is 26.2 Å². The first kappa shape index (κ1) is 16.0. The summed E-state index contributed by atoms with van der Waals surface area (Å²) in [5.74, 6) is 0.737. The van der Waals surface area contributed by atoms with Gasteiger partial charge >= 0.3 is 0 Å². The van der Waals surface area contributed by atoms with Crippen LogP contribution >= 0.6 is 15.9 Å². The molecule has 0 aliphatic heterocycles. The van der Waals surface area contributed by atoms with Crippen LogP contribution in [-0.2, 0) is 11.2 Å². The van der Waals surface area contributed by atoms with Crippen LogP contribution in [0.5, 0.6) is 5.75 Å². The summed E-state index contributed by atoms with van der Waals surface area (Å²) < 4.78 is 6.61. The number of hydrogen-bond donors (Lipinski definition) is 1. The van der Waals surface area contributed by atoms with E-state index < -0.39 is 0 Å². The molecule has 4 nitrogen and oxygen atoms in total. The van der Waals surface area contributed by atoms with E-state index in [2.05, 4.69) is 15.9 Å². The van der Waals surface area contributed by atoms with Crippen LogP contribution < -0.4 is 10.5 Å². The fraction of sp³-hybridized carbons (Fsp3) is 0.500. The lowest BCUT2D eigenvalue weighted by molar-refractivity contribution is -0.132. The third kappa shape index (κ3) is 4.84. The van der Waals surface area contributed by atoms with Crippen LogP contribution in [0, 0.1) is 0 Å². The van der Waals surface area contributed by atoms with Gasteiger partial charge in [0.25, 0.3) is 5.91 Å². The number of nitrogens with two attached hydrogens (primary N) is 1. The molecule has 0 fully saturated rings. The minimum atomic E-state index is 0.00613. The Morgan fingerprint density at radius 2 is 2.05 bits per heavy atom. The lowest BCUT2D eigenvalue weighted by Crippen LogP contribution is -2.34. The van der Waals surface area contributed by atoms with Gasteiger partial charge < -0.3 is 15.4 Å². The van der Waals surface area contributed by atoms with Crippen molar-refractivity contribution < 1.29 is 9.53 Å². The van der Waals surface area contributed by atoms with Crippen molar-refractivity contribution in [2.45, 2.75) is 20.3 Å². The molecule has 19 heavy (non-hydrogen) atoms. The number of nitrogens with zero attached hydrogens (tertiary/aromatic N) is 1. The SMILES string of the molecule is CCN(CC)C(=O)COc1ccc(Br)cc1CCN. The monoisotopic (exact) mass is 328 g/mol. The number of hydrogen-bond acceptors (Lipinski definition) is 3. The summed E-state index contributed by atoms with van der Waals surface area (Å²) in [7, 11) is 0. The molecular formula is C14H21BrN2O2. The number of benzene rings is 1. The number of carbonyl (C=O) groups excluding carboxylic acids is 1. The molecule has 0 saturated carbocycles. The summed E-state index contributed by atoms with van der Waals surface area (Å²) in [6.07, 6.45) is 0.730. The van der Waals surface area contributed by atoms with Gasteiger partial charge in [0, 0.05) is 17.6 Å². The Kier molecular flexibility index (Phi) is 6.87. The van der Waals surface area contributed by atoms with Crippen LogP contribution in [0.4, 0.5) is 0 Å². The predicted octanol–water partition coefficient (Wildman–Crippen LogP) is 2.20. The van der Waals surface area contributed by atoms with Gasteiger partial charge in [0.15, 0.2) is 6.61 Å². The van der Waals surface area contributed by atoms with Crippen molar-refractivity contribution in [1.82, 2.24) is 4.90 Å². The standard InChI is InChI=1S/C14H21BrN2O2/c1-3-17(4-2)14(18)10-19-13-6-5-12(15)9-11(13)7-8-16/h5-6,9H,3-4,7-8,10,16H2,1-2H3. The molecule has 0 aliphatic rings. The van der Waals surface area contributed by atoms with E-state index in [4.69, 9.17) is 10.5 Å². The second kappa shape index (κ2) is 8.17. The summed E-state index contributed by atoms with van der Waals surface area (Å²) in [5, 5.41) is 0. The largest absolute Gasteiger partial charge is 0.483 e. The number of carbonyl (C=O) groups is 1. The average molecular weight is 329 g/mol. The van der Waals surface area contributed by atoms with Crippen molar-refractivity contribution in [3.05, 3.63) is 28.2 Å². The molecule has 1 aromatic carbocycles. The van der Waals surface area contributed by atoms with Crippen molar-refractivity contribution in [3.8, 4) is 5.75 Å².